The maximum atomic E-state index is 13.8. The summed E-state index contributed by atoms with van der Waals surface area (Å²) in [6.45, 7) is 1.68. The molecule has 0 saturated carbocycles. The fraction of sp³-hybridized carbons (Fsp3) is 0.286. The van der Waals surface area contributed by atoms with Gasteiger partial charge in [-0.2, -0.15) is 0 Å². The zero-order chi connectivity index (χ0) is 18.1. The average molecular weight is 415 g/mol. The van der Waals surface area contributed by atoms with E-state index in [1.807, 2.05) is 42.5 Å². The largest absolute Gasteiger partial charge is 0.388 e. The Morgan fingerprint density at radius 1 is 1.08 bits per heavy atom. The lowest BCUT2D eigenvalue weighted by Gasteiger charge is -2.35. The molecular formula is C21H20BrFN2O. The Morgan fingerprint density at radius 3 is 2.54 bits per heavy atom. The number of aromatic nitrogens is 1. The molecule has 2 aromatic carbocycles. The van der Waals surface area contributed by atoms with Crippen molar-refractivity contribution >= 4 is 32.7 Å². The molecule has 1 aliphatic heterocycles. The second-order valence-electron chi connectivity index (χ2n) is 6.81. The summed E-state index contributed by atoms with van der Waals surface area (Å²) in [5.41, 5.74) is 1.64. The summed E-state index contributed by atoms with van der Waals surface area (Å²) >= 11 is 3.21. The third-order valence-corrected chi connectivity index (χ3v) is 5.78. The predicted molar refractivity (Wildman–Crippen MR) is 106 cm³/mol. The van der Waals surface area contributed by atoms with E-state index in [9.17, 15) is 9.50 Å². The smallest absolute Gasteiger partial charge is 0.139 e. The molecule has 1 saturated heterocycles. The van der Waals surface area contributed by atoms with Crippen LogP contribution in [0.4, 0.5) is 10.2 Å². The maximum Gasteiger partial charge on any atom is 0.139 e. The number of aliphatic hydroxyl groups is 1. The van der Waals surface area contributed by atoms with Crippen molar-refractivity contribution in [3.63, 3.8) is 0 Å². The molecule has 1 atom stereocenters. The van der Waals surface area contributed by atoms with E-state index in [0.29, 0.717) is 9.99 Å². The summed E-state index contributed by atoms with van der Waals surface area (Å²) in [5, 5.41) is 11.5. The van der Waals surface area contributed by atoms with Gasteiger partial charge in [-0.1, -0.05) is 30.3 Å². The minimum absolute atomic E-state index is 0.252. The van der Waals surface area contributed by atoms with E-state index < -0.39 is 6.10 Å². The Kier molecular flexibility index (Phi) is 4.92. The first-order chi connectivity index (χ1) is 12.6. The molecule has 5 heteroatoms. The first kappa shape index (κ1) is 17.4. The van der Waals surface area contributed by atoms with E-state index in [0.717, 1.165) is 42.7 Å². The molecule has 0 bridgehead atoms. The van der Waals surface area contributed by atoms with Crippen LogP contribution in [0.15, 0.2) is 59.1 Å². The maximum absolute atomic E-state index is 13.8. The lowest BCUT2D eigenvalue weighted by molar-refractivity contribution is 0.0929. The zero-order valence-corrected chi connectivity index (χ0v) is 15.9. The summed E-state index contributed by atoms with van der Waals surface area (Å²) in [6.07, 6.45) is 1.39. The van der Waals surface area contributed by atoms with Crippen molar-refractivity contribution in [1.29, 1.82) is 0 Å². The third-order valence-electron chi connectivity index (χ3n) is 5.17. The highest BCUT2D eigenvalue weighted by Gasteiger charge is 2.26. The van der Waals surface area contributed by atoms with Crippen LogP contribution in [0.1, 0.15) is 24.5 Å². The number of pyridine rings is 1. The molecule has 3 aromatic rings. The van der Waals surface area contributed by atoms with Crippen LogP contribution in [0.25, 0.3) is 10.9 Å². The monoisotopic (exact) mass is 414 g/mol. The number of hydrogen-bond acceptors (Lipinski definition) is 3. The first-order valence-corrected chi connectivity index (χ1v) is 9.65. The number of nitrogens with zero attached hydrogens (tertiary/aromatic N) is 2. The Bertz CT molecular complexity index is 911. The van der Waals surface area contributed by atoms with Crippen LogP contribution in [0, 0.1) is 11.7 Å². The normalized spacial score (nSPS) is 16.8. The lowest BCUT2D eigenvalue weighted by Crippen LogP contribution is -2.36. The quantitative estimate of drug-likeness (QED) is 0.648. The Hall–Kier alpha value is -1.98. The number of halogens is 2. The van der Waals surface area contributed by atoms with E-state index in [1.54, 1.807) is 6.07 Å². The summed E-state index contributed by atoms with van der Waals surface area (Å²) in [4.78, 5) is 6.85. The van der Waals surface area contributed by atoms with Crippen molar-refractivity contribution in [1.82, 2.24) is 4.98 Å². The second kappa shape index (κ2) is 7.33. The molecule has 1 unspecified atom stereocenters. The standard InChI is InChI=1S/C21H20BrFN2O/c22-17-12-16-6-7-20(24-19(16)13-18(17)23)25-10-8-15(9-11-25)21(26)14-4-2-1-3-5-14/h1-7,12-13,15,21,26H,8-11H2. The molecular weight excluding hydrogens is 395 g/mol. The van der Waals surface area contributed by atoms with Gasteiger partial charge in [0.25, 0.3) is 0 Å². The van der Waals surface area contributed by atoms with Crippen molar-refractivity contribution in [2.24, 2.45) is 5.92 Å². The zero-order valence-electron chi connectivity index (χ0n) is 14.3. The van der Waals surface area contributed by atoms with Crippen molar-refractivity contribution in [3.05, 3.63) is 70.5 Å². The molecule has 1 aromatic heterocycles. The van der Waals surface area contributed by atoms with Gasteiger partial charge < -0.3 is 10.0 Å². The second-order valence-corrected chi connectivity index (χ2v) is 7.66. The van der Waals surface area contributed by atoms with Crippen LogP contribution in [0.5, 0.6) is 0 Å². The molecule has 26 heavy (non-hydrogen) atoms. The lowest BCUT2D eigenvalue weighted by atomic mass is 9.87. The molecule has 3 nitrogen and oxygen atoms in total. The van der Waals surface area contributed by atoms with E-state index in [4.69, 9.17) is 0 Å². The molecule has 1 N–H and O–H groups in total. The third kappa shape index (κ3) is 3.46. The fourth-order valence-corrected chi connectivity index (χ4v) is 4.01. The fourth-order valence-electron chi connectivity index (χ4n) is 3.65. The molecule has 0 radical (unpaired) electrons. The van der Waals surface area contributed by atoms with Gasteiger partial charge in [-0.05, 0) is 58.5 Å². The SMILES string of the molecule is OC(c1ccccc1)C1CCN(c2ccc3cc(Br)c(F)cc3n2)CC1. The number of piperidine rings is 1. The van der Waals surface area contributed by atoms with E-state index in [2.05, 4.69) is 25.8 Å². The van der Waals surface area contributed by atoms with Gasteiger partial charge in [0.15, 0.2) is 0 Å². The number of aliphatic hydroxyl groups excluding tert-OH is 1. The predicted octanol–water partition coefficient (Wildman–Crippen LogP) is 5.09. The van der Waals surface area contributed by atoms with Gasteiger partial charge in [0.05, 0.1) is 16.1 Å². The van der Waals surface area contributed by atoms with Gasteiger partial charge >= 0.3 is 0 Å². The van der Waals surface area contributed by atoms with E-state index in [-0.39, 0.29) is 11.7 Å². The Balaban J connectivity index is 1.48. The number of hydrogen-bond donors (Lipinski definition) is 1. The molecule has 1 aliphatic rings. The van der Waals surface area contributed by atoms with Crippen LogP contribution < -0.4 is 4.90 Å². The molecule has 0 aliphatic carbocycles. The van der Waals surface area contributed by atoms with Crippen molar-refractivity contribution in [2.75, 3.05) is 18.0 Å². The number of rotatable bonds is 3. The van der Waals surface area contributed by atoms with Crippen molar-refractivity contribution in [3.8, 4) is 0 Å². The molecule has 0 amide bonds. The number of fused-ring (bicyclic) bond motifs is 1. The van der Waals surface area contributed by atoms with Crippen LogP contribution in [0.3, 0.4) is 0 Å². The first-order valence-electron chi connectivity index (χ1n) is 8.85. The van der Waals surface area contributed by atoms with Crippen LogP contribution in [0.2, 0.25) is 0 Å². The molecule has 2 heterocycles. The van der Waals surface area contributed by atoms with Crippen LogP contribution in [-0.4, -0.2) is 23.2 Å². The summed E-state index contributed by atoms with van der Waals surface area (Å²) in [6, 6.07) is 17.0. The Morgan fingerprint density at radius 2 is 1.81 bits per heavy atom. The summed E-state index contributed by atoms with van der Waals surface area (Å²) < 4.78 is 14.2. The molecule has 134 valence electrons. The Labute approximate surface area is 160 Å². The summed E-state index contributed by atoms with van der Waals surface area (Å²) in [7, 11) is 0. The average Bonchev–Trinajstić information content (AvgIpc) is 2.69. The highest BCUT2D eigenvalue weighted by Crippen LogP contribution is 2.32. The minimum atomic E-state index is -0.422. The summed E-state index contributed by atoms with van der Waals surface area (Å²) in [5.74, 6) is 0.821. The van der Waals surface area contributed by atoms with Gasteiger partial charge in [-0.3, -0.25) is 0 Å². The van der Waals surface area contributed by atoms with Gasteiger partial charge in [-0.25, -0.2) is 9.37 Å². The van der Waals surface area contributed by atoms with E-state index in [1.165, 1.54) is 6.07 Å². The van der Waals surface area contributed by atoms with Gasteiger partial charge in [0.1, 0.15) is 11.6 Å². The van der Waals surface area contributed by atoms with E-state index >= 15 is 0 Å². The van der Waals surface area contributed by atoms with Gasteiger partial charge in [0.2, 0.25) is 0 Å². The number of anilines is 1. The van der Waals surface area contributed by atoms with Crippen LogP contribution in [-0.2, 0) is 0 Å². The van der Waals surface area contributed by atoms with Gasteiger partial charge in [-0.15, -0.1) is 0 Å². The molecule has 1 fully saturated rings. The number of benzene rings is 2. The van der Waals surface area contributed by atoms with Gasteiger partial charge in [0, 0.05) is 24.5 Å². The highest BCUT2D eigenvalue weighted by atomic mass is 79.9. The van der Waals surface area contributed by atoms with Crippen molar-refractivity contribution < 1.29 is 9.50 Å². The van der Waals surface area contributed by atoms with Crippen molar-refractivity contribution in [2.45, 2.75) is 18.9 Å². The van der Waals surface area contributed by atoms with Crippen LogP contribution >= 0.6 is 15.9 Å². The topological polar surface area (TPSA) is 36.4 Å². The molecule has 0 spiro atoms. The molecule has 4 rings (SSSR count). The minimum Gasteiger partial charge on any atom is -0.388 e. The highest BCUT2D eigenvalue weighted by molar-refractivity contribution is 9.10.